The highest BCUT2D eigenvalue weighted by atomic mass is 32.3. The van der Waals surface area contributed by atoms with E-state index < -0.39 is 0 Å². The van der Waals surface area contributed by atoms with Gasteiger partial charge in [0.2, 0.25) is 0 Å². The summed E-state index contributed by atoms with van der Waals surface area (Å²) in [4.78, 5) is 0. The molecule has 0 saturated carbocycles. The van der Waals surface area contributed by atoms with Crippen molar-refractivity contribution < 1.29 is 0 Å². The van der Waals surface area contributed by atoms with E-state index >= 15 is 0 Å². The summed E-state index contributed by atoms with van der Waals surface area (Å²) in [6.45, 7) is 14.1. The van der Waals surface area contributed by atoms with Crippen LogP contribution < -0.4 is 0 Å². The molecule has 0 N–H and O–H groups in total. The van der Waals surface area contributed by atoms with Crippen LogP contribution in [0.1, 0.15) is 478 Å². The second kappa shape index (κ2) is 75.8. The van der Waals surface area contributed by atoms with E-state index in [0.717, 1.165) is 0 Å². The first kappa shape index (κ1) is 87.8. The average molecular weight is 1300 g/mol. The first-order valence-corrected chi connectivity index (χ1v) is 45.7. The Hall–Kier alpha value is 1.75. The Labute approximate surface area is 569 Å². The summed E-state index contributed by atoms with van der Waals surface area (Å²) < 4.78 is 0.502. The Bertz CT molecular complexity index is 1200. The number of thioether (sulfide) groups is 5. The Kier molecular flexibility index (Phi) is 77.3. The Morgan fingerprint density at radius 1 is 0.140 bits per heavy atom. The molecular formula is C81H164S5. The smallest absolute Gasteiger partial charge is 0.131 e. The van der Waals surface area contributed by atoms with Crippen LogP contribution in [-0.2, 0) is 0 Å². The van der Waals surface area contributed by atoms with Crippen LogP contribution in [0.5, 0.6) is 0 Å². The molecule has 0 heterocycles. The van der Waals surface area contributed by atoms with Gasteiger partial charge in [-0.05, 0) is 67.3 Å². The highest BCUT2D eigenvalue weighted by Gasteiger charge is 2.53. The zero-order valence-corrected chi connectivity index (χ0v) is 64.7. The fourth-order valence-corrected chi connectivity index (χ4v) is 23.7. The number of unbranched alkanes of at least 4 members (excludes halogenated alkanes) is 61. The van der Waals surface area contributed by atoms with Gasteiger partial charge in [0.15, 0.2) is 0 Å². The van der Waals surface area contributed by atoms with Crippen LogP contribution in [0, 0.1) is 0 Å². The molecule has 0 spiro atoms. The maximum Gasteiger partial charge on any atom is 0.131 e. The van der Waals surface area contributed by atoms with Crippen LogP contribution in [0.15, 0.2) is 0 Å². The first-order valence-electron chi connectivity index (χ1n) is 40.8. The van der Waals surface area contributed by atoms with Crippen LogP contribution in [-0.4, -0.2) is 36.3 Å². The van der Waals surface area contributed by atoms with Gasteiger partial charge in [0, 0.05) is 0 Å². The molecule has 86 heavy (non-hydrogen) atoms. The lowest BCUT2D eigenvalue weighted by molar-refractivity contribution is 0.534. The minimum atomic E-state index is 0.227. The SMILES string of the molecule is CCCCCCCCCCCCCCCSC(SCCCCCCCCCCCCC)(SCCCCCCCCCCCCCC)C(CCCCCCCCCCCCCC)(SCCCCCCCCCCC)SCCCCCCCCCCCC. The van der Waals surface area contributed by atoms with Crippen molar-refractivity contribution >= 4 is 58.8 Å². The van der Waals surface area contributed by atoms with Gasteiger partial charge in [0.1, 0.15) is 3.41 Å². The normalized spacial score (nSPS) is 13.3. The van der Waals surface area contributed by atoms with E-state index in [1.165, 1.54) is 465 Å². The Morgan fingerprint density at radius 3 is 0.430 bits per heavy atom. The summed E-state index contributed by atoms with van der Waals surface area (Å²) in [7, 11) is 0. The molecule has 5 heteroatoms. The van der Waals surface area contributed by atoms with E-state index in [-0.39, 0.29) is 7.49 Å². The highest BCUT2D eigenvalue weighted by Crippen LogP contribution is 2.66. The Morgan fingerprint density at radius 2 is 0.267 bits per heavy atom. The molecule has 2 unspecified atom stereocenters. The molecular weight excluding hydrogens is 1130 g/mol. The predicted octanol–water partition coefficient (Wildman–Crippen LogP) is 32.6. The zero-order valence-electron chi connectivity index (χ0n) is 60.7. The fraction of sp³-hybridized carbons (Fsp3) is 1.00. The molecule has 0 aliphatic rings. The lowest BCUT2D eigenvalue weighted by Gasteiger charge is -2.49. The molecule has 0 aromatic heterocycles. The van der Waals surface area contributed by atoms with E-state index in [4.69, 9.17) is 0 Å². The van der Waals surface area contributed by atoms with Crippen LogP contribution >= 0.6 is 58.8 Å². The third-order valence-electron chi connectivity index (χ3n) is 19.1. The Balaban J connectivity index is 6.80. The van der Waals surface area contributed by atoms with E-state index in [1.54, 1.807) is 0 Å². The summed E-state index contributed by atoms with van der Waals surface area (Å²) in [5.74, 6) is 6.92. The fourth-order valence-electron chi connectivity index (χ4n) is 13.1. The zero-order chi connectivity index (χ0) is 62.2. The van der Waals surface area contributed by atoms with Crippen molar-refractivity contribution in [1.82, 2.24) is 0 Å². The quantitative estimate of drug-likeness (QED) is 0.0438. The number of hydrogen-bond donors (Lipinski definition) is 0. The van der Waals surface area contributed by atoms with Crippen molar-refractivity contribution in [3.05, 3.63) is 0 Å². The number of hydrogen-bond acceptors (Lipinski definition) is 5. The van der Waals surface area contributed by atoms with E-state index in [2.05, 4.69) is 100 Å². The second-order valence-electron chi connectivity index (χ2n) is 27.9. The average Bonchev–Trinajstić information content (AvgIpc) is 3.00. The molecule has 0 aromatic carbocycles. The number of rotatable bonds is 79. The maximum absolute atomic E-state index is 2.57. The molecule has 0 rings (SSSR count). The van der Waals surface area contributed by atoms with E-state index in [9.17, 15) is 0 Å². The molecule has 2 atom stereocenters. The van der Waals surface area contributed by atoms with Crippen LogP contribution in [0.3, 0.4) is 0 Å². The van der Waals surface area contributed by atoms with Gasteiger partial charge in [-0.25, -0.2) is 0 Å². The summed E-state index contributed by atoms with van der Waals surface area (Å²) in [5.41, 5.74) is 0. The molecule has 0 aromatic rings. The van der Waals surface area contributed by atoms with Crippen LogP contribution in [0.4, 0.5) is 0 Å². The molecule has 518 valence electrons. The molecule has 0 aliphatic carbocycles. The van der Waals surface area contributed by atoms with Crippen molar-refractivity contribution in [1.29, 1.82) is 0 Å². The summed E-state index contributed by atoms with van der Waals surface area (Å²) in [6, 6.07) is 0. The van der Waals surface area contributed by atoms with Crippen molar-refractivity contribution in [2.45, 2.75) is 486 Å². The van der Waals surface area contributed by atoms with Gasteiger partial charge in [0.05, 0.1) is 4.08 Å². The standard InChI is InChI=1S/C81H164S5/c1-7-13-19-25-31-37-42-45-49-55-61-67-73-79-86-81(84-77-71-65-59-53-47-40-34-28-22-16-10-4,85-78-72-66-60-54-48-44-39-33-27-21-15-9-3)80(82-75-69-63-57-51-36-30-24-18-12-6,83-76-70-64-58-52-41-35-29-23-17-11-5)74-68-62-56-50-46-43-38-32-26-20-14-8-2/h7-79H2,1-6H3. The van der Waals surface area contributed by atoms with Crippen molar-refractivity contribution in [3.63, 3.8) is 0 Å². The van der Waals surface area contributed by atoms with Crippen molar-refractivity contribution in [2.24, 2.45) is 0 Å². The summed E-state index contributed by atoms with van der Waals surface area (Å²) in [5, 5.41) is 0. The minimum absolute atomic E-state index is 0.227. The van der Waals surface area contributed by atoms with Gasteiger partial charge in [-0.2, -0.15) is 0 Å². The summed E-state index contributed by atoms with van der Waals surface area (Å²) in [6.07, 6.45) is 98.8. The molecule has 0 amide bonds. The van der Waals surface area contributed by atoms with Crippen molar-refractivity contribution in [3.8, 4) is 0 Å². The van der Waals surface area contributed by atoms with Gasteiger partial charge in [-0.1, -0.05) is 440 Å². The van der Waals surface area contributed by atoms with Crippen LogP contribution in [0.25, 0.3) is 0 Å². The van der Waals surface area contributed by atoms with Gasteiger partial charge < -0.3 is 0 Å². The topological polar surface area (TPSA) is 0 Å². The lowest BCUT2D eigenvalue weighted by atomic mass is 10.0. The lowest BCUT2D eigenvalue weighted by Crippen LogP contribution is -2.44. The second-order valence-corrected chi connectivity index (χ2v) is 35.6. The van der Waals surface area contributed by atoms with Crippen molar-refractivity contribution in [2.75, 3.05) is 28.8 Å². The van der Waals surface area contributed by atoms with Gasteiger partial charge in [0.25, 0.3) is 0 Å². The highest BCUT2D eigenvalue weighted by molar-refractivity contribution is 8.37. The predicted molar refractivity (Wildman–Crippen MR) is 416 cm³/mol. The third kappa shape index (κ3) is 60.7. The maximum atomic E-state index is 2.57. The third-order valence-corrected chi connectivity index (χ3v) is 29.3. The van der Waals surface area contributed by atoms with E-state index in [0.29, 0.717) is 0 Å². The van der Waals surface area contributed by atoms with Gasteiger partial charge in [-0.15, -0.1) is 58.8 Å². The van der Waals surface area contributed by atoms with Gasteiger partial charge in [-0.3, -0.25) is 0 Å². The van der Waals surface area contributed by atoms with E-state index in [1.807, 2.05) is 0 Å². The monoisotopic (exact) mass is 1300 g/mol. The molecule has 0 radical (unpaired) electrons. The van der Waals surface area contributed by atoms with Crippen LogP contribution in [0.2, 0.25) is 0 Å². The van der Waals surface area contributed by atoms with Gasteiger partial charge >= 0.3 is 0 Å². The molecule has 0 fully saturated rings. The molecule has 0 bridgehead atoms. The summed E-state index contributed by atoms with van der Waals surface area (Å²) >= 11 is 12.8. The molecule has 0 nitrogen and oxygen atoms in total. The molecule has 0 saturated heterocycles. The minimum Gasteiger partial charge on any atom is -0.141 e. The largest absolute Gasteiger partial charge is 0.141 e. The first-order chi connectivity index (χ1) is 42.6. The molecule has 0 aliphatic heterocycles.